The summed E-state index contributed by atoms with van der Waals surface area (Å²) in [7, 11) is 0. The van der Waals surface area contributed by atoms with Crippen LogP contribution in [0.4, 0.5) is 0 Å². The van der Waals surface area contributed by atoms with Gasteiger partial charge < -0.3 is 16.4 Å². The highest BCUT2D eigenvalue weighted by molar-refractivity contribution is 5.81. The summed E-state index contributed by atoms with van der Waals surface area (Å²) >= 11 is 0. The molecule has 1 fully saturated rings. The van der Waals surface area contributed by atoms with Gasteiger partial charge in [-0.25, -0.2) is 0 Å². The largest absolute Gasteiger partial charge is 0.369 e. The maximum Gasteiger partial charge on any atom is 0.224 e. The molecule has 1 atom stereocenters. The quantitative estimate of drug-likeness (QED) is 0.721. The third kappa shape index (κ3) is 3.19. The second-order valence-electron chi connectivity index (χ2n) is 6.07. The molecule has 4 nitrogen and oxygen atoms in total. The van der Waals surface area contributed by atoms with Crippen LogP contribution in [0, 0.1) is 10.8 Å². The van der Waals surface area contributed by atoms with Crippen LogP contribution in [0.3, 0.4) is 0 Å². The molecule has 1 amide bonds. The van der Waals surface area contributed by atoms with E-state index in [1.807, 2.05) is 6.92 Å². The van der Waals surface area contributed by atoms with E-state index in [0.717, 1.165) is 32.5 Å². The number of hydrogen-bond donors (Lipinski definition) is 2. The van der Waals surface area contributed by atoms with Crippen LogP contribution in [0.15, 0.2) is 0 Å². The van der Waals surface area contributed by atoms with E-state index in [1.54, 1.807) is 0 Å². The fraction of sp³-hybridized carbons (Fsp3) is 0.917. The van der Waals surface area contributed by atoms with Crippen molar-refractivity contribution in [1.82, 2.24) is 4.90 Å². The van der Waals surface area contributed by atoms with Gasteiger partial charge in [0.25, 0.3) is 0 Å². The molecule has 1 saturated heterocycles. The van der Waals surface area contributed by atoms with Gasteiger partial charge in [-0.1, -0.05) is 13.8 Å². The molecular weight excluding hydrogens is 202 g/mol. The van der Waals surface area contributed by atoms with Crippen molar-refractivity contribution in [3.8, 4) is 0 Å². The summed E-state index contributed by atoms with van der Waals surface area (Å²) in [4.78, 5) is 13.6. The second kappa shape index (κ2) is 4.72. The molecule has 0 bridgehead atoms. The topological polar surface area (TPSA) is 72.3 Å². The van der Waals surface area contributed by atoms with Crippen LogP contribution in [-0.2, 0) is 4.79 Å². The Hall–Kier alpha value is -0.610. The SMILES string of the molecule is CC(C)(CN)CCN1CCC(C)(C(N)=O)C1. The molecule has 4 N–H and O–H groups in total. The highest BCUT2D eigenvalue weighted by Gasteiger charge is 2.38. The summed E-state index contributed by atoms with van der Waals surface area (Å²) in [6.07, 6.45) is 1.95. The molecule has 1 heterocycles. The fourth-order valence-corrected chi connectivity index (χ4v) is 2.01. The van der Waals surface area contributed by atoms with Crippen molar-refractivity contribution in [3.05, 3.63) is 0 Å². The predicted molar refractivity (Wildman–Crippen MR) is 65.8 cm³/mol. The molecule has 0 aromatic carbocycles. The first kappa shape index (κ1) is 13.5. The van der Waals surface area contributed by atoms with Gasteiger partial charge in [0.15, 0.2) is 0 Å². The maximum atomic E-state index is 11.3. The lowest BCUT2D eigenvalue weighted by Gasteiger charge is -2.26. The van der Waals surface area contributed by atoms with Gasteiger partial charge in [0.1, 0.15) is 0 Å². The van der Waals surface area contributed by atoms with Gasteiger partial charge in [0.05, 0.1) is 5.41 Å². The maximum absolute atomic E-state index is 11.3. The first-order chi connectivity index (χ1) is 7.29. The number of amides is 1. The third-order valence-electron chi connectivity index (χ3n) is 3.80. The molecule has 94 valence electrons. The summed E-state index contributed by atoms with van der Waals surface area (Å²) in [5.41, 5.74) is 11.0. The van der Waals surface area contributed by atoms with Gasteiger partial charge in [-0.05, 0) is 44.8 Å². The molecule has 0 radical (unpaired) electrons. The normalized spacial score (nSPS) is 27.2. The lowest BCUT2D eigenvalue weighted by molar-refractivity contribution is -0.126. The van der Waals surface area contributed by atoms with Crippen LogP contribution >= 0.6 is 0 Å². The highest BCUT2D eigenvalue weighted by atomic mass is 16.1. The number of nitrogens with two attached hydrogens (primary N) is 2. The van der Waals surface area contributed by atoms with E-state index in [1.165, 1.54) is 0 Å². The summed E-state index contributed by atoms with van der Waals surface area (Å²) in [6.45, 7) is 9.79. The number of hydrogen-bond acceptors (Lipinski definition) is 3. The minimum Gasteiger partial charge on any atom is -0.369 e. The second-order valence-corrected chi connectivity index (χ2v) is 6.07. The number of carbonyl (C=O) groups is 1. The van der Waals surface area contributed by atoms with Crippen molar-refractivity contribution in [1.29, 1.82) is 0 Å². The molecule has 0 aromatic rings. The Balaban J connectivity index is 2.41. The van der Waals surface area contributed by atoms with E-state index < -0.39 is 0 Å². The molecule has 0 aliphatic carbocycles. The molecule has 16 heavy (non-hydrogen) atoms. The molecule has 0 aromatic heterocycles. The van der Waals surface area contributed by atoms with E-state index in [2.05, 4.69) is 18.7 Å². The molecule has 1 unspecified atom stereocenters. The average molecular weight is 227 g/mol. The van der Waals surface area contributed by atoms with E-state index in [-0.39, 0.29) is 16.7 Å². The molecule has 4 heteroatoms. The summed E-state index contributed by atoms with van der Waals surface area (Å²) in [6, 6.07) is 0. The van der Waals surface area contributed by atoms with Crippen LogP contribution in [0.2, 0.25) is 0 Å². The Kier molecular flexibility index (Phi) is 3.97. The number of rotatable bonds is 5. The Morgan fingerprint density at radius 3 is 2.56 bits per heavy atom. The molecule has 0 saturated carbocycles. The molecule has 1 aliphatic rings. The Morgan fingerprint density at radius 1 is 1.50 bits per heavy atom. The van der Waals surface area contributed by atoms with Gasteiger partial charge >= 0.3 is 0 Å². The fourth-order valence-electron chi connectivity index (χ4n) is 2.01. The first-order valence-corrected chi connectivity index (χ1v) is 6.01. The van der Waals surface area contributed by atoms with Gasteiger partial charge in [-0.15, -0.1) is 0 Å². The molecular formula is C12H25N3O. The van der Waals surface area contributed by atoms with Gasteiger partial charge in [0, 0.05) is 6.54 Å². The van der Waals surface area contributed by atoms with E-state index in [4.69, 9.17) is 11.5 Å². The molecule has 0 spiro atoms. The Bertz CT molecular complexity index is 265. The summed E-state index contributed by atoms with van der Waals surface area (Å²) in [5, 5.41) is 0. The van der Waals surface area contributed by atoms with E-state index >= 15 is 0 Å². The monoisotopic (exact) mass is 227 g/mol. The van der Waals surface area contributed by atoms with Gasteiger partial charge in [0.2, 0.25) is 5.91 Å². The van der Waals surface area contributed by atoms with Crippen LogP contribution in [-0.4, -0.2) is 37.0 Å². The van der Waals surface area contributed by atoms with E-state index in [9.17, 15) is 4.79 Å². The lowest BCUT2D eigenvalue weighted by atomic mass is 9.88. The predicted octanol–water partition coefficient (Wildman–Crippen LogP) is 0.559. The van der Waals surface area contributed by atoms with Crippen molar-refractivity contribution in [2.75, 3.05) is 26.2 Å². The van der Waals surface area contributed by atoms with Gasteiger partial charge in [-0.2, -0.15) is 0 Å². The highest BCUT2D eigenvalue weighted by Crippen LogP contribution is 2.30. The van der Waals surface area contributed by atoms with Crippen LogP contribution in [0.5, 0.6) is 0 Å². The number of nitrogens with zero attached hydrogens (tertiary/aromatic N) is 1. The zero-order chi connectivity index (χ0) is 12.4. The number of likely N-dealkylation sites (tertiary alicyclic amines) is 1. The van der Waals surface area contributed by atoms with Crippen molar-refractivity contribution in [3.63, 3.8) is 0 Å². The standard InChI is InChI=1S/C12H25N3O/c1-11(2,8-13)4-6-15-7-5-12(3,9-15)10(14)16/h4-9,13H2,1-3H3,(H2,14,16). The number of carbonyl (C=O) groups excluding carboxylic acids is 1. The Morgan fingerprint density at radius 2 is 2.12 bits per heavy atom. The molecule has 1 rings (SSSR count). The molecule has 1 aliphatic heterocycles. The Labute approximate surface area is 98.3 Å². The minimum absolute atomic E-state index is 0.173. The van der Waals surface area contributed by atoms with Crippen molar-refractivity contribution < 1.29 is 4.79 Å². The number of primary amides is 1. The third-order valence-corrected chi connectivity index (χ3v) is 3.80. The van der Waals surface area contributed by atoms with Crippen molar-refractivity contribution >= 4 is 5.91 Å². The van der Waals surface area contributed by atoms with Gasteiger partial charge in [-0.3, -0.25) is 4.79 Å². The summed E-state index contributed by atoms with van der Waals surface area (Å²) in [5.74, 6) is -0.173. The van der Waals surface area contributed by atoms with Crippen LogP contribution in [0.1, 0.15) is 33.6 Å². The summed E-state index contributed by atoms with van der Waals surface area (Å²) < 4.78 is 0. The van der Waals surface area contributed by atoms with Crippen molar-refractivity contribution in [2.45, 2.75) is 33.6 Å². The minimum atomic E-state index is -0.327. The zero-order valence-electron chi connectivity index (χ0n) is 10.8. The van der Waals surface area contributed by atoms with E-state index in [0.29, 0.717) is 6.54 Å². The smallest absolute Gasteiger partial charge is 0.224 e. The van der Waals surface area contributed by atoms with Crippen LogP contribution in [0.25, 0.3) is 0 Å². The van der Waals surface area contributed by atoms with Crippen LogP contribution < -0.4 is 11.5 Å². The van der Waals surface area contributed by atoms with Crippen molar-refractivity contribution in [2.24, 2.45) is 22.3 Å². The lowest BCUT2D eigenvalue weighted by Crippen LogP contribution is -2.38. The first-order valence-electron chi connectivity index (χ1n) is 6.01. The average Bonchev–Trinajstić information content (AvgIpc) is 2.59. The zero-order valence-corrected chi connectivity index (χ0v) is 10.8.